The zero-order valence-corrected chi connectivity index (χ0v) is 8.78. The van der Waals surface area contributed by atoms with Gasteiger partial charge in [-0.3, -0.25) is 4.79 Å². The summed E-state index contributed by atoms with van der Waals surface area (Å²) in [5.74, 6) is -0.339. The number of carbonyl (C=O) groups is 2. The summed E-state index contributed by atoms with van der Waals surface area (Å²) in [6.45, 7) is 3.55. The van der Waals surface area contributed by atoms with Crippen LogP contribution in [0.4, 0.5) is 4.79 Å². The van der Waals surface area contributed by atoms with Crippen LogP contribution >= 0.6 is 0 Å². The Bertz CT molecular complexity index is 280. The number of aliphatic hydroxyl groups excluding tert-OH is 1. The van der Waals surface area contributed by atoms with E-state index in [2.05, 4.69) is 15.6 Å². The van der Waals surface area contributed by atoms with Crippen LogP contribution in [0.15, 0.2) is 16.6 Å². The van der Waals surface area contributed by atoms with Crippen molar-refractivity contribution >= 4 is 18.3 Å². The smallest absolute Gasteiger partial charge is 0.342 e. The highest BCUT2D eigenvalue weighted by Gasteiger charge is 1.95. The lowest BCUT2D eigenvalue weighted by Crippen LogP contribution is -2.26. The number of urea groups is 1. The van der Waals surface area contributed by atoms with E-state index in [0.717, 1.165) is 11.9 Å². The van der Waals surface area contributed by atoms with Gasteiger partial charge in [0.25, 0.3) is 0 Å². The highest BCUT2D eigenvalue weighted by molar-refractivity contribution is 5.98. The van der Waals surface area contributed by atoms with Gasteiger partial charge in [-0.05, 0) is 13.8 Å². The van der Waals surface area contributed by atoms with Gasteiger partial charge < -0.3 is 15.7 Å². The van der Waals surface area contributed by atoms with Crippen molar-refractivity contribution in [2.24, 2.45) is 4.99 Å². The molecule has 0 aliphatic rings. The second-order valence-corrected chi connectivity index (χ2v) is 2.94. The van der Waals surface area contributed by atoms with Crippen molar-refractivity contribution in [3.63, 3.8) is 0 Å². The second kappa shape index (κ2) is 7.69. The molecule has 0 saturated carbocycles. The zero-order valence-electron chi connectivity index (χ0n) is 8.78. The molecule has 0 fully saturated rings. The van der Waals surface area contributed by atoms with Gasteiger partial charge in [-0.25, -0.2) is 4.79 Å². The number of carbonyl (C=O) groups excluding carboxylic acids is 2. The Morgan fingerprint density at radius 3 is 2.60 bits per heavy atom. The Hall–Kier alpha value is -1.69. The molecule has 0 heterocycles. The van der Waals surface area contributed by atoms with E-state index in [1.54, 1.807) is 13.8 Å². The molecule has 84 valence electrons. The summed E-state index contributed by atoms with van der Waals surface area (Å²) in [6.07, 6.45) is 2.39. The molecule has 0 aromatic rings. The highest BCUT2D eigenvalue weighted by atomic mass is 16.3. The summed E-state index contributed by atoms with van der Waals surface area (Å²) >= 11 is 0. The molecule has 0 aliphatic heterocycles. The van der Waals surface area contributed by atoms with E-state index in [1.165, 1.54) is 6.08 Å². The Kier molecular flexibility index (Phi) is 6.82. The fourth-order valence-electron chi connectivity index (χ4n) is 0.667. The molecule has 0 aliphatic carbocycles. The minimum absolute atomic E-state index is 0.137. The molecule has 0 saturated heterocycles. The fourth-order valence-corrected chi connectivity index (χ4v) is 0.667. The van der Waals surface area contributed by atoms with Crippen molar-refractivity contribution in [1.29, 1.82) is 0 Å². The molecule has 3 N–H and O–H groups in total. The summed E-state index contributed by atoms with van der Waals surface area (Å²) in [5.41, 5.74) is 0.852. The van der Waals surface area contributed by atoms with E-state index in [4.69, 9.17) is 5.11 Å². The fraction of sp³-hybridized carbons (Fsp3) is 0.444. The van der Waals surface area contributed by atoms with Gasteiger partial charge in [0.1, 0.15) is 6.34 Å². The average Bonchev–Trinajstić information content (AvgIpc) is 2.13. The predicted octanol–water partition coefficient (Wildman–Crippen LogP) is -0.201. The first-order valence-electron chi connectivity index (χ1n) is 4.43. The molecule has 0 unspecified atom stereocenters. The molecule has 6 heteroatoms. The average molecular weight is 213 g/mol. The van der Waals surface area contributed by atoms with Crippen LogP contribution in [0, 0.1) is 0 Å². The quantitative estimate of drug-likeness (QED) is 0.343. The molecule has 15 heavy (non-hydrogen) atoms. The topological polar surface area (TPSA) is 90.8 Å². The Morgan fingerprint density at radius 2 is 2.07 bits per heavy atom. The van der Waals surface area contributed by atoms with E-state index < -0.39 is 6.03 Å². The number of aliphatic imine (C=N–C) groups is 1. The molecule has 0 aromatic carbocycles. The first kappa shape index (κ1) is 13.3. The van der Waals surface area contributed by atoms with Gasteiger partial charge in [0.2, 0.25) is 5.91 Å². The van der Waals surface area contributed by atoms with Gasteiger partial charge in [0.05, 0.1) is 6.61 Å². The standard InChI is InChI=1S/C9H15N3O3/c1-7(2)5-8(14)11-6-12-9(15)10-3-4-13/h5-6,13H,3-4H2,1-2H3,(H2,10,11,12,14,15). The molecule has 0 rings (SSSR count). The minimum Gasteiger partial charge on any atom is -0.395 e. The number of rotatable bonds is 4. The lowest BCUT2D eigenvalue weighted by atomic mass is 10.3. The Balaban J connectivity index is 3.84. The van der Waals surface area contributed by atoms with Crippen LogP contribution in [0.25, 0.3) is 0 Å². The maximum atomic E-state index is 11.0. The van der Waals surface area contributed by atoms with Crippen LogP contribution in [0.2, 0.25) is 0 Å². The summed E-state index contributed by atoms with van der Waals surface area (Å²) < 4.78 is 0. The molecule has 6 nitrogen and oxygen atoms in total. The summed E-state index contributed by atoms with van der Waals surface area (Å²) in [4.78, 5) is 25.2. The monoisotopic (exact) mass is 213 g/mol. The summed E-state index contributed by atoms with van der Waals surface area (Å²) in [6, 6.07) is -0.610. The number of allylic oxidation sites excluding steroid dienone is 1. The number of amides is 3. The third-order valence-corrected chi connectivity index (χ3v) is 1.20. The number of hydrogen-bond donors (Lipinski definition) is 3. The lowest BCUT2D eigenvalue weighted by Gasteiger charge is -1.96. The SMILES string of the molecule is CC(C)=CC(=O)NC=NC(=O)NCCO. The van der Waals surface area contributed by atoms with Crippen LogP contribution in [0.5, 0.6) is 0 Å². The van der Waals surface area contributed by atoms with Crippen molar-refractivity contribution in [2.75, 3.05) is 13.2 Å². The van der Waals surface area contributed by atoms with E-state index in [0.29, 0.717) is 0 Å². The van der Waals surface area contributed by atoms with Gasteiger partial charge in [-0.2, -0.15) is 4.99 Å². The normalized spacial score (nSPS) is 9.80. The largest absolute Gasteiger partial charge is 0.395 e. The molecule has 3 amide bonds. The second-order valence-electron chi connectivity index (χ2n) is 2.94. The number of nitrogens with zero attached hydrogens (tertiary/aromatic N) is 1. The lowest BCUT2D eigenvalue weighted by molar-refractivity contribution is -0.115. The van der Waals surface area contributed by atoms with Crippen LogP contribution in [-0.2, 0) is 4.79 Å². The van der Waals surface area contributed by atoms with E-state index in [-0.39, 0.29) is 19.1 Å². The third kappa shape index (κ3) is 8.63. The maximum Gasteiger partial charge on any atom is 0.342 e. The number of aliphatic hydroxyl groups is 1. The van der Waals surface area contributed by atoms with Crippen LogP contribution in [0.1, 0.15) is 13.8 Å². The highest BCUT2D eigenvalue weighted by Crippen LogP contribution is 1.86. The molecular weight excluding hydrogens is 198 g/mol. The van der Waals surface area contributed by atoms with Crippen molar-refractivity contribution in [1.82, 2.24) is 10.6 Å². The van der Waals surface area contributed by atoms with Crippen molar-refractivity contribution in [3.8, 4) is 0 Å². The van der Waals surface area contributed by atoms with Gasteiger partial charge >= 0.3 is 6.03 Å². The van der Waals surface area contributed by atoms with Crippen molar-refractivity contribution in [2.45, 2.75) is 13.8 Å². The molecule has 0 bridgehead atoms. The minimum atomic E-state index is -0.610. The van der Waals surface area contributed by atoms with Crippen LogP contribution in [0.3, 0.4) is 0 Å². The first-order chi connectivity index (χ1) is 7.06. The zero-order chi connectivity index (χ0) is 11.7. The van der Waals surface area contributed by atoms with Crippen molar-refractivity contribution in [3.05, 3.63) is 11.6 Å². The number of hydrogen-bond acceptors (Lipinski definition) is 3. The van der Waals surface area contributed by atoms with Gasteiger partial charge in [0, 0.05) is 12.6 Å². The molecule has 0 aromatic heterocycles. The van der Waals surface area contributed by atoms with Gasteiger partial charge in [0.15, 0.2) is 0 Å². The molecule has 0 spiro atoms. The third-order valence-electron chi connectivity index (χ3n) is 1.20. The predicted molar refractivity (Wildman–Crippen MR) is 56.6 cm³/mol. The van der Waals surface area contributed by atoms with Crippen molar-refractivity contribution < 1.29 is 14.7 Å². The Morgan fingerprint density at radius 1 is 1.40 bits per heavy atom. The van der Waals surface area contributed by atoms with E-state index >= 15 is 0 Å². The van der Waals surface area contributed by atoms with Gasteiger partial charge in [-0.15, -0.1) is 0 Å². The first-order valence-corrected chi connectivity index (χ1v) is 4.43. The summed E-state index contributed by atoms with van der Waals surface area (Å²) in [7, 11) is 0. The maximum absolute atomic E-state index is 11.0. The van der Waals surface area contributed by atoms with Gasteiger partial charge in [-0.1, -0.05) is 5.57 Å². The Labute approximate surface area is 88.1 Å². The van der Waals surface area contributed by atoms with Crippen LogP contribution in [-0.4, -0.2) is 36.5 Å². The molecule has 0 atom stereocenters. The summed E-state index contributed by atoms with van der Waals surface area (Å²) in [5, 5.41) is 13.0. The molecule has 0 radical (unpaired) electrons. The number of nitrogens with one attached hydrogen (secondary N) is 2. The van der Waals surface area contributed by atoms with E-state index in [9.17, 15) is 9.59 Å². The van der Waals surface area contributed by atoms with Crippen LogP contribution < -0.4 is 10.6 Å². The van der Waals surface area contributed by atoms with E-state index in [1.807, 2.05) is 0 Å². The molecular formula is C9H15N3O3.